The smallest absolute Gasteiger partial charge is 0.251 e. The molecular formula is C20H30N2O3. The van der Waals surface area contributed by atoms with Crippen molar-refractivity contribution >= 4 is 11.8 Å². The van der Waals surface area contributed by atoms with Gasteiger partial charge in [0.2, 0.25) is 5.91 Å². The number of amides is 2. The van der Waals surface area contributed by atoms with Gasteiger partial charge >= 0.3 is 0 Å². The molecule has 1 saturated heterocycles. The van der Waals surface area contributed by atoms with Crippen LogP contribution in [-0.4, -0.2) is 48.6 Å². The number of hydrogen-bond acceptors (Lipinski definition) is 3. The zero-order chi connectivity index (χ0) is 18.6. The summed E-state index contributed by atoms with van der Waals surface area (Å²) >= 11 is 0. The minimum atomic E-state index is -0.142. The van der Waals surface area contributed by atoms with E-state index in [1.807, 2.05) is 43.0 Å². The first-order valence-electron chi connectivity index (χ1n) is 8.99. The molecule has 2 amide bonds. The summed E-state index contributed by atoms with van der Waals surface area (Å²) in [6.45, 7) is 11.9. The van der Waals surface area contributed by atoms with Gasteiger partial charge in [0.25, 0.3) is 5.91 Å². The third-order valence-corrected chi connectivity index (χ3v) is 4.41. The molecule has 0 spiro atoms. The Bertz CT molecular complexity index is 594. The molecule has 1 fully saturated rings. The summed E-state index contributed by atoms with van der Waals surface area (Å²) in [5.41, 5.74) is 1.87. The molecule has 0 aliphatic carbocycles. The second-order valence-electron chi connectivity index (χ2n) is 7.89. The summed E-state index contributed by atoms with van der Waals surface area (Å²) in [4.78, 5) is 26.3. The molecule has 1 N–H and O–H groups in total. The molecule has 2 rings (SSSR count). The maximum Gasteiger partial charge on any atom is 0.251 e. The van der Waals surface area contributed by atoms with E-state index in [1.165, 1.54) is 5.56 Å². The largest absolute Gasteiger partial charge is 0.372 e. The van der Waals surface area contributed by atoms with Crippen molar-refractivity contribution in [2.45, 2.75) is 58.7 Å². The molecule has 138 valence electrons. The molecule has 5 nitrogen and oxygen atoms in total. The van der Waals surface area contributed by atoms with Crippen LogP contribution in [0.5, 0.6) is 0 Å². The lowest BCUT2D eigenvalue weighted by molar-refractivity contribution is -0.143. The highest BCUT2D eigenvalue weighted by Crippen LogP contribution is 2.22. The Morgan fingerprint density at radius 3 is 2.20 bits per heavy atom. The van der Waals surface area contributed by atoms with Crippen LogP contribution in [0, 0.1) is 0 Å². The normalized spacial score (nSPS) is 21.1. The van der Waals surface area contributed by atoms with Gasteiger partial charge in [-0.15, -0.1) is 0 Å². The summed E-state index contributed by atoms with van der Waals surface area (Å²) in [6, 6.07) is 7.64. The van der Waals surface area contributed by atoms with Crippen LogP contribution < -0.4 is 5.32 Å². The van der Waals surface area contributed by atoms with Crippen molar-refractivity contribution in [3.63, 3.8) is 0 Å². The number of carbonyl (C=O) groups is 2. The van der Waals surface area contributed by atoms with E-state index in [4.69, 9.17) is 4.74 Å². The van der Waals surface area contributed by atoms with Crippen LogP contribution in [0.15, 0.2) is 24.3 Å². The van der Waals surface area contributed by atoms with Gasteiger partial charge in [-0.25, -0.2) is 0 Å². The Balaban J connectivity index is 1.81. The molecule has 5 heteroatoms. The standard InChI is InChI=1S/C20H30N2O3/c1-14-12-22(13-15(2)25-14)18(23)10-11-21-19(24)16-6-8-17(9-7-16)20(3,4)5/h6-9,14-15H,10-13H2,1-5H3,(H,21,24)/t14-,15-/m0/s1. The van der Waals surface area contributed by atoms with Gasteiger partial charge in [0, 0.05) is 31.6 Å². The zero-order valence-electron chi connectivity index (χ0n) is 16.0. The number of hydrogen-bond donors (Lipinski definition) is 1. The Morgan fingerprint density at radius 1 is 1.12 bits per heavy atom. The van der Waals surface area contributed by atoms with Gasteiger partial charge in [-0.2, -0.15) is 0 Å². The van der Waals surface area contributed by atoms with E-state index >= 15 is 0 Å². The van der Waals surface area contributed by atoms with E-state index in [0.717, 1.165) is 0 Å². The Hall–Kier alpha value is -1.88. The predicted molar refractivity (Wildman–Crippen MR) is 98.7 cm³/mol. The molecule has 25 heavy (non-hydrogen) atoms. The highest BCUT2D eigenvalue weighted by Gasteiger charge is 2.25. The summed E-state index contributed by atoms with van der Waals surface area (Å²) < 4.78 is 5.64. The molecule has 2 atom stereocenters. The van der Waals surface area contributed by atoms with Crippen molar-refractivity contribution in [2.75, 3.05) is 19.6 Å². The number of rotatable bonds is 4. The van der Waals surface area contributed by atoms with Crippen LogP contribution in [0.1, 0.15) is 57.0 Å². The lowest BCUT2D eigenvalue weighted by Crippen LogP contribution is -2.48. The number of nitrogens with one attached hydrogen (secondary N) is 1. The minimum absolute atomic E-state index is 0.0589. The molecular weight excluding hydrogens is 316 g/mol. The zero-order valence-corrected chi connectivity index (χ0v) is 16.0. The summed E-state index contributed by atoms with van der Waals surface area (Å²) in [5, 5.41) is 2.83. The van der Waals surface area contributed by atoms with E-state index in [-0.39, 0.29) is 29.4 Å². The van der Waals surface area contributed by atoms with Gasteiger partial charge in [-0.1, -0.05) is 32.9 Å². The molecule has 0 unspecified atom stereocenters. The van der Waals surface area contributed by atoms with Crippen molar-refractivity contribution in [1.29, 1.82) is 0 Å². The lowest BCUT2D eigenvalue weighted by Gasteiger charge is -2.35. The second-order valence-corrected chi connectivity index (χ2v) is 7.89. The molecule has 0 aromatic heterocycles. The fourth-order valence-corrected chi connectivity index (χ4v) is 3.05. The molecule has 0 bridgehead atoms. The first kappa shape index (κ1) is 19.4. The highest BCUT2D eigenvalue weighted by molar-refractivity contribution is 5.94. The molecule has 1 aromatic rings. The maximum absolute atomic E-state index is 12.3. The van der Waals surface area contributed by atoms with E-state index < -0.39 is 0 Å². The first-order chi connectivity index (χ1) is 11.7. The fraction of sp³-hybridized carbons (Fsp3) is 0.600. The van der Waals surface area contributed by atoms with Gasteiger partial charge < -0.3 is 15.0 Å². The van der Waals surface area contributed by atoms with Crippen LogP contribution in [-0.2, 0) is 14.9 Å². The van der Waals surface area contributed by atoms with E-state index in [9.17, 15) is 9.59 Å². The van der Waals surface area contributed by atoms with Crippen molar-refractivity contribution in [3.05, 3.63) is 35.4 Å². The fourth-order valence-electron chi connectivity index (χ4n) is 3.05. The number of morpholine rings is 1. The average Bonchev–Trinajstić information content (AvgIpc) is 2.53. The summed E-state index contributed by atoms with van der Waals surface area (Å²) in [7, 11) is 0. The Morgan fingerprint density at radius 2 is 1.68 bits per heavy atom. The van der Waals surface area contributed by atoms with E-state index in [0.29, 0.717) is 31.6 Å². The number of benzene rings is 1. The van der Waals surface area contributed by atoms with Gasteiger partial charge in [0.05, 0.1) is 12.2 Å². The van der Waals surface area contributed by atoms with Crippen molar-refractivity contribution in [1.82, 2.24) is 10.2 Å². The summed E-state index contributed by atoms with van der Waals surface area (Å²) in [5.74, 6) is -0.0812. The van der Waals surface area contributed by atoms with Crippen LogP contribution in [0.4, 0.5) is 0 Å². The van der Waals surface area contributed by atoms with Gasteiger partial charge in [-0.05, 0) is 37.0 Å². The van der Waals surface area contributed by atoms with Crippen LogP contribution in [0.25, 0.3) is 0 Å². The maximum atomic E-state index is 12.3. The molecule has 1 heterocycles. The highest BCUT2D eigenvalue weighted by atomic mass is 16.5. The molecule has 0 radical (unpaired) electrons. The Kier molecular flexibility index (Phi) is 6.22. The second kappa shape index (κ2) is 8.00. The number of carbonyl (C=O) groups excluding carboxylic acids is 2. The molecule has 0 saturated carbocycles. The SMILES string of the molecule is C[C@H]1CN(C(=O)CCNC(=O)c2ccc(C(C)(C)C)cc2)C[C@H](C)O1. The molecule has 1 aromatic carbocycles. The average molecular weight is 346 g/mol. The minimum Gasteiger partial charge on any atom is -0.372 e. The van der Waals surface area contributed by atoms with E-state index in [2.05, 4.69) is 26.1 Å². The predicted octanol–water partition coefficient (Wildman–Crippen LogP) is 2.74. The summed E-state index contributed by atoms with van der Waals surface area (Å²) in [6.07, 6.45) is 0.429. The van der Waals surface area contributed by atoms with Gasteiger partial charge in [0.15, 0.2) is 0 Å². The third kappa shape index (κ3) is 5.56. The quantitative estimate of drug-likeness (QED) is 0.912. The van der Waals surface area contributed by atoms with Crippen molar-refractivity contribution < 1.29 is 14.3 Å². The monoisotopic (exact) mass is 346 g/mol. The third-order valence-electron chi connectivity index (χ3n) is 4.41. The van der Waals surface area contributed by atoms with Crippen molar-refractivity contribution in [3.8, 4) is 0 Å². The van der Waals surface area contributed by atoms with Gasteiger partial charge in [-0.3, -0.25) is 9.59 Å². The first-order valence-corrected chi connectivity index (χ1v) is 8.99. The topological polar surface area (TPSA) is 58.6 Å². The van der Waals surface area contributed by atoms with Gasteiger partial charge in [0.1, 0.15) is 0 Å². The van der Waals surface area contributed by atoms with E-state index in [1.54, 1.807) is 0 Å². The molecule has 1 aliphatic heterocycles. The number of nitrogens with zero attached hydrogens (tertiary/aromatic N) is 1. The van der Waals surface area contributed by atoms with Crippen LogP contribution >= 0.6 is 0 Å². The number of ether oxygens (including phenoxy) is 1. The lowest BCUT2D eigenvalue weighted by atomic mass is 9.87. The van der Waals surface area contributed by atoms with Crippen LogP contribution in [0.3, 0.4) is 0 Å². The van der Waals surface area contributed by atoms with Crippen molar-refractivity contribution in [2.24, 2.45) is 0 Å². The molecule has 1 aliphatic rings. The Labute approximate surface area is 150 Å². The van der Waals surface area contributed by atoms with Crippen LogP contribution in [0.2, 0.25) is 0 Å².